The topological polar surface area (TPSA) is 67.9 Å². The third-order valence-electron chi connectivity index (χ3n) is 4.47. The molecule has 0 atom stereocenters. The van der Waals surface area contributed by atoms with Crippen LogP contribution in [0, 0.1) is 0 Å². The molecule has 2 aliphatic rings. The first-order chi connectivity index (χ1) is 12.5. The lowest BCUT2D eigenvalue weighted by Crippen LogP contribution is -2.25. The van der Waals surface area contributed by atoms with Crippen LogP contribution in [-0.2, 0) is 11.2 Å². The molecule has 6 nitrogen and oxygen atoms in total. The Morgan fingerprint density at radius 3 is 2.77 bits per heavy atom. The molecule has 2 aromatic carbocycles. The number of carbonyl (C=O) groups excluding carboxylic acids is 2. The predicted octanol–water partition coefficient (Wildman–Crippen LogP) is 3.27. The molecule has 0 fully saturated rings. The van der Waals surface area contributed by atoms with E-state index in [2.05, 4.69) is 5.32 Å². The van der Waals surface area contributed by atoms with Crippen molar-refractivity contribution in [3.8, 4) is 11.5 Å². The number of anilines is 2. The number of halogens is 1. The van der Waals surface area contributed by atoms with Gasteiger partial charge in [0.25, 0.3) is 5.91 Å². The van der Waals surface area contributed by atoms with Gasteiger partial charge in [-0.3, -0.25) is 9.59 Å². The Hall–Kier alpha value is -2.73. The minimum absolute atomic E-state index is 0.0199. The third kappa shape index (κ3) is 2.97. The van der Waals surface area contributed by atoms with Gasteiger partial charge in [-0.1, -0.05) is 11.6 Å². The van der Waals surface area contributed by atoms with Crippen molar-refractivity contribution in [1.29, 1.82) is 0 Å². The van der Waals surface area contributed by atoms with Gasteiger partial charge in [-0.25, -0.2) is 0 Å². The van der Waals surface area contributed by atoms with Crippen LogP contribution >= 0.6 is 11.6 Å². The highest BCUT2D eigenvalue weighted by atomic mass is 35.5. The molecule has 0 saturated carbocycles. The Labute approximate surface area is 155 Å². The maximum atomic E-state index is 12.6. The number of ether oxygens (including phenoxy) is 2. The van der Waals surface area contributed by atoms with E-state index in [1.807, 2.05) is 12.1 Å². The first kappa shape index (κ1) is 16.7. The lowest BCUT2D eigenvalue weighted by Gasteiger charge is -2.20. The Kier molecular flexibility index (Phi) is 4.20. The van der Waals surface area contributed by atoms with E-state index in [1.165, 1.54) is 0 Å². The number of nitrogens with zero attached hydrogens (tertiary/aromatic N) is 1. The second-order valence-electron chi connectivity index (χ2n) is 6.20. The summed E-state index contributed by atoms with van der Waals surface area (Å²) < 4.78 is 11.0. The van der Waals surface area contributed by atoms with Gasteiger partial charge in [0.1, 0.15) is 13.2 Å². The average Bonchev–Trinajstić information content (AvgIpc) is 3.05. The summed E-state index contributed by atoms with van der Waals surface area (Å²) in [6, 6.07) is 8.74. The summed E-state index contributed by atoms with van der Waals surface area (Å²) in [7, 11) is 0. The van der Waals surface area contributed by atoms with Crippen molar-refractivity contribution >= 4 is 34.8 Å². The number of nitrogens with one attached hydrogen (secondary N) is 1. The molecule has 0 aliphatic carbocycles. The van der Waals surface area contributed by atoms with Gasteiger partial charge in [-0.2, -0.15) is 0 Å². The van der Waals surface area contributed by atoms with E-state index in [4.69, 9.17) is 21.1 Å². The van der Waals surface area contributed by atoms with E-state index in [1.54, 1.807) is 30.0 Å². The second kappa shape index (κ2) is 6.53. The molecule has 4 rings (SSSR count). The maximum Gasteiger partial charge on any atom is 0.255 e. The van der Waals surface area contributed by atoms with Crippen molar-refractivity contribution in [3.05, 3.63) is 46.5 Å². The highest BCUT2D eigenvalue weighted by Gasteiger charge is 2.23. The highest BCUT2D eigenvalue weighted by molar-refractivity contribution is 6.32. The van der Waals surface area contributed by atoms with Crippen LogP contribution in [0.5, 0.6) is 11.5 Å². The van der Waals surface area contributed by atoms with Gasteiger partial charge in [0.05, 0.1) is 5.02 Å². The first-order valence-electron chi connectivity index (χ1n) is 8.34. The molecule has 2 aliphatic heterocycles. The Morgan fingerprint density at radius 2 is 1.96 bits per heavy atom. The molecule has 0 aromatic heterocycles. The summed E-state index contributed by atoms with van der Waals surface area (Å²) in [6.45, 7) is 3.08. The van der Waals surface area contributed by atoms with Gasteiger partial charge in [0.15, 0.2) is 11.5 Å². The zero-order valence-corrected chi connectivity index (χ0v) is 14.9. The van der Waals surface area contributed by atoms with Crippen molar-refractivity contribution in [2.75, 3.05) is 30.0 Å². The van der Waals surface area contributed by atoms with Crippen molar-refractivity contribution in [3.63, 3.8) is 0 Å². The quantitative estimate of drug-likeness (QED) is 0.878. The molecule has 0 spiro atoms. The van der Waals surface area contributed by atoms with E-state index in [9.17, 15) is 9.59 Å². The first-order valence-corrected chi connectivity index (χ1v) is 8.72. The normalized spacial score (nSPS) is 14.8. The number of fused-ring (bicyclic) bond motifs is 2. The lowest BCUT2D eigenvalue weighted by molar-refractivity contribution is -0.116. The molecule has 0 bridgehead atoms. The van der Waals surface area contributed by atoms with E-state index in [0.717, 1.165) is 17.7 Å². The predicted molar refractivity (Wildman–Crippen MR) is 98.6 cm³/mol. The van der Waals surface area contributed by atoms with Gasteiger partial charge < -0.3 is 19.7 Å². The van der Waals surface area contributed by atoms with Gasteiger partial charge >= 0.3 is 0 Å². The largest absolute Gasteiger partial charge is 0.486 e. The number of carbonyl (C=O) groups is 2. The Balaban J connectivity index is 1.56. The van der Waals surface area contributed by atoms with Gasteiger partial charge in [0.2, 0.25) is 5.91 Å². The summed E-state index contributed by atoms with van der Waals surface area (Å²) in [6.07, 6.45) is 0.772. The third-order valence-corrected chi connectivity index (χ3v) is 4.75. The average molecular weight is 373 g/mol. The van der Waals surface area contributed by atoms with Gasteiger partial charge in [0, 0.05) is 30.4 Å². The van der Waals surface area contributed by atoms with E-state index >= 15 is 0 Å². The molecule has 2 aromatic rings. The molecule has 1 N–H and O–H groups in total. The lowest BCUT2D eigenvalue weighted by atomic mass is 10.1. The number of benzene rings is 2. The van der Waals surface area contributed by atoms with Crippen LogP contribution in [0.15, 0.2) is 30.3 Å². The molecular formula is C19H17ClN2O4. The minimum Gasteiger partial charge on any atom is -0.486 e. The van der Waals surface area contributed by atoms with Crippen LogP contribution < -0.4 is 19.7 Å². The molecule has 26 heavy (non-hydrogen) atoms. The van der Waals surface area contributed by atoms with Crippen molar-refractivity contribution in [1.82, 2.24) is 0 Å². The molecule has 2 heterocycles. The Bertz CT molecular complexity index is 913. The van der Waals surface area contributed by atoms with Crippen LogP contribution in [0.4, 0.5) is 11.4 Å². The standard InChI is InChI=1S/C19H17ClN2O4/c1-11(23)22-5-4-12-8-14(2-3-16(12)22)21-19(24)13-9-15(20)18-17(10-13)25-6-7-26-18/h2-3,8-10H,4-7H2,1H3,(H,21,24). The molecular weight excluding hydrogens is 356 g/mol. The van der Waals surface area contributed by atoms with Crippen LogP contribution in [0.1, 0.15) is 22.8 Å². The minimum atomic E-state index is -0.287. The fraction of sp³-hybridized carbons (Fsp3) is 0.263. The molecule has 0 unspecified atom stereocenters. The number of hydrogen-bond donors (Lipinski definition) is 1. The summed E-state index contributed by atoms with van der Waals surface area (Å²) in [5.41, 5.74) is 3.01. The van der Waals surface area contributed by atoms with E-state index in [-0.39, 0.29) is 11.8 Å². The van der Waals surface area contributed by atoms with E-state index in [0.29, 0.717) is 47.5 Å². The van der Waals surface area contributed by atoms with E-state index < -0.39 is 0 Å². The van der Waals surface area contributed by atoms with Crippen LogP contribution in [-0.4, -0.2) is 31.6 Å². The second-order valence-corrected chi connectivity index (χ2v) is 6.61. The molecule has 0 radical (unpaired) electrons. The van der Waals surface area contributed by atoms with Crippen LogP contribution in [0.3, 0.4) is 0 Å². The SMILES string of the molecule is CC(=O)N1CCc2cc(NC(=O)c3cc(Cl)c4c(c3)OCCO4)ccc21. The smallest absolute Gasteiger partial charge is 0.255 e. The van der Waals surface area contributed by atoms with Crippen molar-refractivity contribution in [2.24, 2.45) is 0 Å². The zero-order valence-electron chi connectivity index (χ0n) is 14.2. The highest BCUT2D eigenvalue weighted by Crippen LogP contribution is 2.38. The van der Waals surface area contributed by atoms with Gasteiger partial charge in [-0.15, -0.1) is 0 Å². The maximum absolute atomic E-state index is 12.6. The van der Waals surface area contributed by atoms with Gasteiger partial charge in [-0.05, 0) is 42.3 Å². The van der Waals surface area contributed by atoms with Crippen molar-refractivity contribution in [2.45, 2.75) is 13.3 Å². The molecule has 2 amide bonds. The molecule has 0 saturated heterocycles. The number of rotatable bonds is 2. The van der Waals surface area contributed by atoms with Crippen LogP contribution in [0.2, 0.25) is 5.02 Å². The summed E-state index contributed by atoms with van der Waals surface area (Å²) in [4.78, 5) is 26.0. The molecule has 134 valence electrons. The van der Waals surface area contributed by atoms with Crippen LogP contribution in [0.25, 0.3) is 0 Å². The number of hydrogen-bond acceptors (Lipinski definition) is 4. The zero-order chi connectivity index (χ0) is 18.3. The Morgan fingerprint density at radius 1 is 1.15 bits per heavy atom. The summed E-state index contributed by atoms with van der Waals surface area (Å²) >= 11 is 6.19. The molecule has 7 heteroatoms. The van der Waals surface area contributed by atoms with Crippen molar-refractivity contribution < 1.29 is 19.1 Å². The fourth-order valence-corrected chi connectivity index (χ4v) is 3.52. The monoisotopic (exact) mass is 372 g/mol. The summed E-state index contributed by atoms with van der Waals surface area (Å²) in [5, 5.41) is 3.21. The summed E-state index contributed by atoms with van der Waals surface area (Å²) in [5.74, 6) is 0.674. The number of amides is 2. The fourth-order valence-electron chi connectivity index (χ4n) is 3.25.